The molecule has 2 N–H and O–H groups in total. The molecule has 4 nitrogen and oxygen atoms in total. The number of thiophene rings is 1. The van der Waals surface area contributed by atoms with E-state index in [2.05, 4.69) is 41.2 Å². The Balaban J connectivity index is 1.49. The van der Waals surface area contributed by atoms with Crippen molar-refractivity contribution in [3.8, 4) is 0 Å². The third kappa shape index (κ3) is 3.68. The number of benzene rings is 2. The van der Waals surface area contributed by atoms with Gasteiger partial charge in [-0.2, -0.15) is 0 Å². The van der Waals surface area contributed by atoms with Crippen molar-refractivity contribution < 1.29 is 8.42 Å². The second-order valence-corrected chi connectivity index (χ2v) is 11.6. The Morgan fingerprint density at radius 2 is 1.87 bits per heavy atom. The zero-order valence-electron chi connectivity index (χ0n) is 17.8. The van der Waals surface area contributed by atoms with E-state index < -0.39 is 10.0 Å². The van der Waals surface area contributed by atoms with Crippen molar-refractivity contribution in [1.82, 2.24) is 0 Å². The van der Waals surface area contributed by atoms with Crippen LogP contribution in [0, 0.1) is 26.7 Å². The van der Waals surface area contributed by atoms with Crippen molar-refractivity contribution in [3.05, 3.63) is 87.1 Å². The summed E-state index contributed by atoms with van der Waals surface area (Å²) < 4.78 is 29.1. The third-order valence-electron chi connectivity index (χ3n) is 6.34. The Labute approximate surface area is 188 Å². The van der Waals surface area contributed by atoms with Crippen LogP contribution in [-0.4, -0.2) is 8.42 Å². The molecule has 3 unspecified atom stereocenters. The number of fused-ring (bicyclic) bond motifs is 3. The van der Waals surface area contributed by atoms with Crippen LogP contribution < -0.4 is 10.0 Å². The van der Waals surface area contributed by atoms with Crippen LogP contribution in [-0.2, 0) is 10.0 Å². The minimum Gasteiger partial charge on any atom is -0.377 e. The van der Waals surface area contributed by atoms with E-state index in [9.17, 15) is 8.42 Å². The topological polar surface area (TPSA) is 58.2 Å². The van der Waals surface area contributed by atoms with E-state index in [4.69, 9.17) is 0 Å². The number of hydrogen-bond acceptors (Lipinski definition) is 4. The van der Waals surface area contributed by atoms with E-state index in [-0.39, 0.29) is 12.0 Å². The molecule has 2 aliphatic rings. The van der Waals surface area contributed by atoms with Crippen molar-refractivity contribution >= 4 is 32.7 Å². The molecule has 0 radical (unpaired) electrons. The van der Waals surface area contributed by atoms with E-state index in [0.717, 1.165) is 28.8 Å². The summed E-state index contributed by atoms with van der Waals surface area (Å²) in [5.74, 6) is 0.621. The van der Waals surface area contributed by atoms with Gasteiger partial charge in [-0.1, -0.05) is 29.8 Å². The maximum Gasteiger partial charge on any atom is 0.261 e. The Morgan fingerprint density at radius 1 is 1.03 bits per heavy atom. The number of anilines is 2. The molecule has 0 spiro atoms. The van der Waals surface area contributed by atoms with Crippen LogP contribution in [0.15, 0.2) is 65.6 Å². The van der Waals surface area contributed by atoms with E-state index in [0.29, 0.717) is 16.5 Å². The smallest absolute Gasteiger partial charge is 0.261 e. The highest BCUT2D eigenvalue weighted by atomic mass is 32.2. The van der Waals surface area contributed by atoms with Crippen molar-refractivity contribution in [2.45, 2.75) is 44.0 Å². The van der Waals surface area contributed by atoms with Crippen LogP contribution in [0.5, 0.6) is 0 Å². The number of allylic oxidation sites excluding steroid dienone is 2. The molecule has 2 aromatic carbocycles. The normalized spacial score (nSPS) is 22.0. The maximum atomic E-state index is 13.2. The SMILES string of the molecule is Cc1ccc(NS(=O)(=O)c2ccc3c(c2)C2C=CCC2C(c2ccc(C)s2)N3)c(C)c1. The quantitative estimate of drug-likeness (QED) is 0.459. The number of sulfonamides is 1. The predicted octanol–water partition coefficient (Wildman–Crippen LogP) is 6.30. The fourth-order valence-electron chi connectivity index (χ4n) is 4.77. The molecule has 31 heavy (non-hydrogen) atoms. The Bertz CT molecular complexity index is 1290. The highest BCUT2D eigenvalue weighted by molar-refractivity contribution is 7.92. The summed E-state index contributed by atoms with van der Waals surface area (Å²) in [6, 6.07) is 15.8. The van der Waals surface area contributed by atoms with E-state index in [1.807, 2.05) is 55.5 Å². The predicted molar refractivity (Wildman–Crippen MR) is 129 cm³/mol. The molecule has 6 heteroatoms. The van der Waals surface area contributed by atoms with Gasteiger partial charge in [0, 0.05) is 21.4 Å². The summed E-state index contributed by atoms with van der Waals surface area (Å²) in [5, 5.41) is 3.70. The lowest BCUT2D eigenvalue weighted by molar-refractivity contribution is 0.429. The first-order valence-corrected chi connectivity index (χ1v) is 12.9. The maximum absolute atomic E-state index is 13.2. The number of aryl methyl sites for hydroxylation is 3. The fraction of sp³-hybridized carbons (Fsp3) is 0.280. The first-order valence-electron chi connectivity index (χ1n) is 10.6. The van der Waals surface area contributed by atoms with Gasteiger partial charge in [-0.05, 0) is 80.6 Å². The van der Waals surface area contributed by atoms with Crippen LogP contribution >= 0.6 is 11.3 Å². The second-order valence-electron chi connectivity index (χ2n) is 8.60. The molecule has 160 valence electrons. The van der Waals surface area contributed by atoms with E-state index >= 15 is 0 Å². The molecular formula is C25H26N2O2S2. The molecule has 1 aliphatic heterocycles. The summed E-state index contributed by atoms with van der Waals surface area (Å²) >= 11 is 1.83. The second kappa shape index (κ2) is 7.53. The molecule has 3 aromatic rings. The lowest BCUT2D eigenvalue weighted by Gasteiger charge is -2.37. The average molecular weight is 451 g/mol. The minimum atomic E-state index is -3.67. The van der Waals surface area contributed by atoms with Gasteiger partial charge in [-0.3, -0.25) is 4.72 Å². The molecule has 0 saturated heterocycles. The van der Waals surface area contributed by atoms with Gasteiger partial charge in [0.05, 0.1) is 16.6 Å². The highest BCUT2D eigenvalue weighted by Gasteiger charge is 2.39. The first-order chi connectivity index (χ1) is 14.8. The van der Waals surface area contributed by atoms with Gasteiger partial charge in [0.1, 0.15) is 0 Å². The highest BCUT2D eigenvalue weighted by Crippen LogP contribution is 2.51. The van der Waals surface area contributed by atoms with Gasteiger partial charge >= 0.3 is 0 Å². The van der Waals surface area contributed by atoms with Gasteiger partial charge < -0.3 is 5.32 Å². The molecular weight excluding hydrogens is 424 g/mol. The van der Waals surface area contributed by atoms with Gasteiger partial charge in [0.25, 0.3) is 10.0 Å². The largest absolute Gasteiger partial charge is 0.377 e. The summed E-state index contributed by atoms with van der Waals surface area (Å²) in [6.07, 6.45) is 5.47. The molecule has 3 atom stereocenters. The summed E-state index contributed by atoms with van der Waals surface area (Å²) in [6.45, 7) is 6.05. The molecule has 5 rings (SSSR count). The standard InChI is InChI=1S/C25H26N2O2S2/c1-15-7-10-22(16(2)13-15)27-31(28,29)18-9-11-23-21(14-18)19-5-4-6-20(19)25(26-23)24-12-8-17(3)30-24/h4-5,7-14,19-20,25-27H,6H2,1-3H3. The summed E-state index contributed by atoms with van der Waals surface area (Å²) in [4.78, 5) is 2.96. The van der Waals surface area contributed by atoms with Crippen molar-refractivity contribution in [2.75, 3.05) is 10.0 Å². The van der Waals surface area contributed by atoms with Gasteiger partial charge in [-0.15, -0.1) is 11.3 Å². The first kappa shape index (κ1) is 20.3. The van der Waals surface area contributed by atoms with Gasteiger partial charge in [-0.25, -0.2) is 8.42 Å². The fourth-order valence-corrected chi connectivity index (χ4v) is 6.94. The number of nitrogens with one attached hydrogen (secondary N) is 2. The van der Waals surface area contributed by atoms with Crippen LogP contribution in [0.2, 0.25) is 0 Å². The Morgan fingerprint density at radius 3 is 2.61 bits per heavy atom. The van der Waals surface area contributed by atoms with Crippen LogP contribution in [0.25, 0.3) is 0 Å². The molecule has 0 fully saturated rings. The van der Waals surface area contributed by atoms with Crippen LogP contribution in [0.1, 0.15) is 44.8 Å². The lowest BCUT2D eigenvalue weighted by atomic mass is 9.79. The van der Waals surface area contributed by atoms with Crippen LogP contribution in [0.4, 0.5) is 11.4 Å². The zero-order chi connectivity index (χ0) is 21.8. The average Bonchev–Trinajstić information content (AvgIpc) is 3.38. The summed E-state index contributed by atoms with van der Waals surface area (Å²) in [7, 11) is -3.67. The monoisotopic (exact) mass is 450 g/mol. The minimum absolute atomic E-state index is 0.222. The number of hydrogen-bond donors (Lipinski definition) is 2. The Kier molecular flexibility index (Phi) is 4.94. The molecule has 2 heterocycles. The Hall–Kier alpha value is -2.57. The molecule has 0 amide bonds. The zero-order valence-corrected chi connectivity index (χ0v) is 19.5. The number of rotatable bonds is 4. The van der Waals surface area contributed by atoms with Crippen LogP contribution in [0.3, 0.4) is 0 Å². The van der Waals surface area contributed by atoms with Crippen molar-refractivity contribution in [3.63, 3.8) is 0 Å². The van der Waals surface area contributed by atoms with Gasteiger partial charge in [0.15, 0.2) is 0 Å². The van der Waals surface area contributed by atoms with Crippen molar-refractivity contribution in [1.29, 1.82) is 0 Å². The van der Waals surface area contributed by atoms with Gasteiger partial charge in [0.2, 0.25) is 0 Å². The molecule has 0 saturated carbocycles. The van der Waals surface area contributed by atoms with Crippen molar-refractivity contribution in [2.24, 2.45) is 5.92 Å². The third-order valence-corrected chi connectivity index (χ3v) is 8.79. The summed E-state index contributed by atoms with van der Waals surface area (Å²) in [5.41, 5.74) is 4.72. The lowest BCUT2D eigenvalue weighted by Crippen LogP contribution is -2.28. The van der Waals surface area contributed by atoms with E-state index in [1.54, 1.807) is 6.07 Å². The molecule has 1 aromatic heterocycles. The molecule has 1 aliphatic carbocycles. The molecule has 0 bridgehead atoms. The van der Waals surface area contributed by atoms with E-state index in [1.165, 1.54) is 9.75 Å².